The van der Waals surface area contributed by atoms with Crippen LogP contribution in [0.2, 0.25) is 0 Å². The van der Waals surface area contributed by atoms with Crippen molar-refractivity contribution in [2.45, 2.75) is 13.3 Å². The smallest absolute Gasteiger partial charge is 0.137 e. The fourth-order valence-electron chi connectivity index (χ4n) is 3.12. The van der Waals surface area contributed by atoms with Crippen molar-refractivity contribution in [3.63, 3.8) is 0 Å². The van der Waals surface area contributed by atoms with Crippen LogP contribution in [0.25, 0.3) is 0 Å². The Bertz CT molecular complexity index is 946. The molecule has 2 nitrogen and oxygen atoms in total. The van der Waals surface area contributed by atoms with Crippen LogP contribution in [-0.4, -0.2) is 5.16 Å². The van der Waals surface area contributed by atoms with Crippen LogP contribution in [0.4, 0.5) is 0 Å². The molecule has 1 aromatic heterocycles. The van der Waals surface area contributed by atoms with Gasteiger partial charge in [-0.2, -0.15) is 0 Å². The Labute approximate surface area is 167 Å². The lowest BCUT2D eigenvalue weighted by Crippen LogP contribution is -2.20. The predicted octanol–water partition coefficient (Wildman–Crippen LogP) is 4.75. The molecular formula is C23H21ClNOP. The number of aryl methyl sites for hydroxylation is 1. The van der Waals surface area contributed by atoms with Gasteiger partial charge in [0.1, 0.15) is 5.76 Å². The van der Waals surface area contributed by atoms with Gasteiger partial charge in [0, 0.05) is 12.0 Å². The lowest BCUT2D eigenvalue weighted by atomic mass is 10.1. The second-order valence-electron chi connectivity index (χ2n) is 6.26. The molecule has 0 spiro atoms. The van der Waals surface area contributed by atoms with E-state index in [0.717, 1.165) is 17.7 Å². The van der Waals surface area contributed by atoms with Gasteiger partial charge in [0.05, 0.1) is 6.20 Å². The SMILES string of the molecule is Cc1oncc1Cc1cccc(P(c2ccccc2)c2ccccc2)c1.Cl. The summed E-state index contributed by atoms with van der Waals surface area (Å²) in [7, 11) is -0.572. The topological polar surface area (TPSA) is 26.0 Å². The molecule has 0 N–H and O–H groups in total. The molecule has 4 heteroatoms. The number of aromatic nitrogens is 1. The van der Waals surface area contributed by atoms with Crippen molar-refractivity contribution < 1.29 is 4.52 Å². The predicted molar refractivity (Wildman–Crippen MR) is 116 cm³/mol. The van der Waals surface area contributed by atoms with E-state index in [2.05, 4.69) is 90.1 Å². The van der Waals surface area contributed by atoms with Gasteiger partial charge in [0.15, 0.2) is 0 Å². The molecule has 0 fully saturated rings. The van der Waals surface area contributed by atoms with Gasteiger partial charge in [0.2, 0.25) is 0 Å². The van der Waals surface area contributed by atoms with Crippen molar-refractivity contribution >= 4 is 36.2 Å². The summed E-state index contributed by atoms with van der Waals surface area (Å²) in [5, 5.41) is 8.00. The summed E-state index contributed by atoms with van der Waals surface area (Å²) in [6.45, 7) is 1.97. The monoisotopic (exact) mass is 393 g/mol. The van der Waals surface area contributed by atoms with Crippen molar-refractivity contribution in [1.82, 2.24) is 5.16 Å². The van der Waals surface area contributed by atoms with Crippen LogP contribution in [0.3, 0.4) is 0 Å². The van der Waals surface area contributed by atoms with E-state index in [0.29, 0.717) is 0 Å². The molecule has 0 bridgehead atoms. The second kappa shape index (κ2) is 8.99. The Morgan fingerprint density at radius 1 is 0.778 bits per heavy atom. The van der Waals surface area contributed by atoms with Gasteiger partial charge in [-0.3, -0.25) is 0 Å². The van der Waals surface area contributed by atoms with E-state index >= 15 is 0 Å². The number of nitrogens with zero attached hydrogens (tertiary/aromatic N) is 1. The third-order valence-corrected chi connectivity index (χ3v) is 6.87. The highest BCUT2D eigenvalue weighted by molar-refractivity contribution is 7.79. The van der Waals surface area contributed by atoms with Crippen molar-refractivity contribution in [2.75, 3.05) is 0 Å². The molecule has 4 rings (SSSR count). The van der Waals surface area contributed by atoms with E-state index in [4.69, 9.17) is 4.52 Å². The van der Waals surface area contributed by atoms with E-state index in [9.17, 15) is 0 Å². The standard InChI is InChI=1S/C23H20NOP.ClH/c1-18-20(17-24-25-18)15-19-9-8-14-23(16-19)26(21-10-4-2-5-11-21)22-12-6-3-7-13-22;/h2-14,16-17H,15H2,1H3;1H. The van der Waals surface area contributed by atoms with Crippen LogP contribution >= 0.6 is 20.3 Å². The normalized spacial score (nSPS) is 10.6. The zero-order chi connectivity index (χ0) is 17.8. The molecule has 0 unspecified atom stereocenters. The first-order chi connectivity index (χ1) is 12.8. The van der Waals surface area contributed by atoms with Crippen molar-refractivity contribution in [2.24, 2.45) is 0 Å². The van der Waals surface area contributed by atoms with Crippen LogP contribution in [0.5, 0.6) is 0 Å². The molecule has 0 saturated carbocycles. The number of hydrogen-bond donors (Lipinski definition) is 0. The minimum absolute atomic E-state index is 0. The van der Waals surface area contributed by atoms with E-state index in [-0.39, 0.29) is 12.4 Å². The first-order valence-electron chi connectivity index (χ1n) is 8.70. The van der Waals surface area contributed by atoms with E-state index in [1.165, 1.54) is 21.5 Å². The highest BCUT2D eigenvalue weighted by atomic mass is 35.5. The van der Waals surface area contributed by atoms with Gasteiger partial charge in [-0.25, -0.2) is 0 Å². The maximum Gasteiger partial charge on any atom is 0.137 e. The highest BCUT2D eigenvalue weighted by Crippen LogP contribution is 2.33. The summed E-state index contributed by atoms with van der Waals surface area (Å²) >= 11 is 0. The third kappa shape index (κ3) is 4.47. The van der Waals surface area contributed by atoms with E-state index in [1.54, 1.807) is 0 Å². The second-order valence-corrected chi connectivity index (χ2v) is 8.48. The summed E-state index contributed by atoms with van der Waals surface area (Å²) in [5.41, 5.74) is 2.43. The molecule has 1 heterocycles. The first kappa shape index (κ1) is 19.4. The summed E-state index contributed by atoms with van der Waals surface area (Å²) in [4.78, 5) is 0. The van der Waals surface area contributed by atoms with Crippen LogP contribution in [0, 0.1) is 6.92 Å². The lowest BCUT2D eigenvalue weighted by molar-refractivity contribution is 0.396. The van der Waals surface area contributed by atoms with Crippen LogP contribution in [-0.2, 0) is 6.42 Å². The Morgan fingerprint density at radius 2 is 1.37 bits per heavy atom. The Balaban J connectivity index is 0.00000210. The fraction of sp³-hybridized carbons (Fsp3) is 0.0870. The van der Waals surface area contributed by atoms with Crippen LogP contribution in [0.15, 0.2) is 95.6 Å². The minimum atomic E-state index is -0.572. The fourth-order valence-corrected chi connectivity index (χ4v) is 5.48. The number of benzene rings is 3. The molecule has 136 valence electrons. The number of rotatable bonds is 5. The Morgan fingerprint density at radius 3 is 1.93 bits per heavy atom. The number of halogens is 1. The third-order valence-electron chi connectivity index (χ3n) is 4.44. The van der Waals surface area contributed by atoms with Crippen molar-refractivity contribution in [3.05, 3.63) is 108 Å². The van der Waals surface area contributed by atoms with Gasteiger partial charge in [-0.05, 0) is 36.3 Å². The molecule has 0 aliphatic carbocycles. The Kier molecular flexibility index (Phi) is 6.45. The average Bonchev–Trinajstić information content (AvgIpc) is 3.09. The van der Waals surface area contributed by atoms with Gasteiger partial charge in [-0.1, -0.05) is 90.1 Å². The Hall–Kier alpha value is -2.41. The molecule has 4 aromatic rings. The van der Waals surface area contributed by atoms with E-state index in [1.807, 2.05) is 13.1 Å². The maximum absolute atomic E-state index is 5.21. The van der Waals surface area contributed by atoms with Gasteiger partial charge in [0.25, 0.3) is 0 Å². The number of hydrogen-bond acceptors (Lipinski definition) is 2. The average molecular weight is 394 g/mol. The first-order valence-corrected chi connectivity index (χ1v) is 10.0. The molecule has 3 aromatic carbocycles. The van der Waals surface area contributed by atoms with E-state index < -0.39 is 7.92 Å². The molecular weight excluding hydrogens is 373 g/mol. The van der Waals surface area contributed by atoms with Gasteiger partial charge < -0.3 is 4.52 Å². The zero-order valence-corrected chi connectivity index (χ0v) is 16.8. The zero-order valence-electron chi connectivity index (χ0n) is 15.1. The molecule has 0 saturated heterocycles. The minimum Gasteiger partial charge on any atom is -0.361 e. The summed E-state index contributed by atoms with van der Waals surface area (Å²) in [6, 6.07) is 30.5. The van der Waals surface area contributed by atoms with Crippen LogP contribution < -0.4 is 15.9 Å². The molecule has 0 aliphatic heterocycles. The molecule has 0 radical (unpaired) electrons. The summed E-state index contributed by atoms with van der Waals surface area (Å²) < 4.78 is 5.21. The molecule has 0 aliphatic rings. The largest absolute Gasteiger partial charge is 0.361 e. The maximum atomic E-state index is 5.21. The molecule has 0 amide bonds. The van der Waals surface area contributed by atoms with Crippen molar-refractivity contribution in [1.29, 1.82) is 0 Å². The van der Waals surface area contributed by atoms with Gasteiger partial charge in [-0.15, -0.1) is 12.4 Å². The molecule has 0 atom stereocenters. The van der Waals surface area contributed by atoms with Crippen molar-refractivity contribution in [3.8, 4) is 0 Å². The summed E-state index contributed by atoms with van der Waals surface area (Å²) in [6.07, 6.45) is 2.66. The highest BCUT2D eigenvalue weighted by Gasteiger charge is 2.16. The molecule has 27 heavy (non-hydrogen) atoms. The lowest BCUT2D eigenvalue weighted by Gasteiger charge is -2.20. The quantitative estimate of drug-likeness (QED) is 0.457. The van der Waals surface area contributed by atoms with Gasteiger partial charge >= 0.3 is 0 Å². The summed E-state index contributed by atoms with van der Waals surface area (Å²) in [5.74, 6) is 0.892. The van der Waals surface area contributed by atoms with Crippen LogP contribution in [0.1, 0.15) is 16.9 Å².